The first-order valence-corrected chi connectivity index (χ1v) is 8.18. The van der Waals surface area contributed by atoms with Crippen molar-refractivity contribution in [3.8, 4) is 11.8 Å². The number of ether oxygens (including phenoxy) is 1. The Morgan fingerprint density at radius 3 is 2.83 bits per heavy atom. The van der Waals surface area contributed by atoms with Crippen molar-refractivity contribution in [2.75, 3.05) is 32.1 Å². The molecule has 0 bridgehead atoms. The van der Waals surface area contributed by atoms with Gasteiger partial charge in [0, 0.05) is 11.6 Å². The van der Waals surface area contributed by atoms with Crippen LogP contribution in [0.5, 0.6) is 5.75 Å². The molecule has 5 nitrogen and oxygen atoms in total. The summed E-state index contributed by atoms with van der Waals surface area (Å²) in [6.45, 7) is 1.30. The SMILES string of the molecule is CN(CCOc1ccc(Cl)cc1)CC(=O)Nc1sccc1C#N. The van der Waals surface area contributed by atoms with Crippen LogP contribution in [0, 0.1) is 11.3 Å². The van der Waals surface area contributed by atoms with Crippen molar-refractivity contribution in [2.24, 2.45) is 0 Å². The molecule has 0 radical (unpaired) electrons. The molecule has 2 aromatic rings. The van der Waals surface area contributed by atoms with E-state index in [1.165, 1.54) is 11.3 Å². The number of nitrogens with zero attached hydrogens (tertiary/aromatic N) is 2. The molecule has 1 aromatic carbocycles. The molecule has 120 valence electrons. The van der Waals surface area contributed by atoms with E-state index in [1.54, 1.807) is 35.7 Å². The van der Waals surface area contributed by atoms with Crippen molar-refractivity contribution in [1.82, 2.24) is 4.90 Å². The number of rotatable bonds is 7. The highest BCUT2D eigenvalue weighted by molar-refractivity contribution is 7.14. The first kappa shape index (κ1) is 17.3. The molecule has 2 rings (SSSR count). The Labute approximate surface area is 144 Å². The van der Waals surface area contributed by atoms with Gasteiger partial charge in [0.25, 0.3) is 0 Å². The molecular formula is C16H16ClN3O2S. The molecule has 0 saturated carbocycles. The van der Waals surface area contributed by atoms with Crippen LogP contribution in [0.1, 0.15) is 5.56 Å². The zero-order valence-corrected chi connectivity index (χ0v) is 14.2. The highest BCUT2D eigenvalue weighted by atomic mass is 35.5. The number of amides is 1. The Balaban J connectivity index is 1.72. The predicted octanol–water partition coefficient (Wildman–Crippen LogP) is 3.22. The maximum absolute atomic E-state index is 11.9. The monoisotopic (exact) mass is 349 g/mol. The molecule has 0 atom stereocenters. The zero-order chi connectivity index (χ0) is 16.7. The first-order chi connectivity index (χ1) is 11.1. The molecule has 0 fully saturated rings. The van der Waals surface area contributed by atoms with Crippen LogP contribution in [0.4, 0.5) is 5.00 Å². The van der Waals surface area contributed by atoms with Crippen LogP contribution in [0.3, 0.4) is 0 Å². The van der Waals surface area contributed by atoms with Crippen LogP contribution < -0.4 is 10.1 Å². The van der Waals surface area contributed by atoms with Gasteiger partial charge in [0.15, 0.2) is 0 Å². The van der Waals surface area contributed by atoms with Crippen molar-refractivity contribution >= 4 is 33.8 Å². The largest absolute Gasteiger partial charge is 0.492 e. The molecular weight excluding hydrogens is 334 g/mol. The normalized spacial score (nSPS) is 10.3. The molecule has 7 heteroatoms. The molecule has 0 unspecified atom stereocenters. The molecule has 1 amide bonds. The standard InChI is InChI=1S/C16H16ClN3O2S/c1-20(7-8-22-14-4-2-13(17)3-5-14)11-15(21)19-16-12(10-18)6-9-23-16/h2-6,9H,7-8,11H2,1H3,(H,19,21). The van der Waals surface area contributed by atoms with Gasteiger partial charge in [-0.2, -0.15) is 5.26 Å². The molecule has 1 heterocycles. The van der Waals surface area contributed by atoms with Crippen molar-refractivity contribution in [2.45, 2.75) is 0 Å². The van der Waals surface area contributed by atoms with Crippen molar-refractivity contribution < 1.29 is 9.53 Å². The fourth-order valence-electron chi connectivity index (χ4n) is 1.83. The minimum atomic E-state index is -0.155. The molecule has 23 heavy (non-hydrogen) atoms. The number of carbonyl (C=O) groups excluding carboxylic acids is 1. The first-order valence-electron chi connectivity index (χ1n) is 6.93. The molecule has 1 N–H and O–H groups in total. The smallest absolute Gasteiger partial charge is 0.239 e. The topological polar surface area (TPSA) is 65.4 Å². The lowest BCUT2D eigenvalue weighted by atomic mass is 10.3. The van der Waals surface area contributed by atoms with Gasteiger partial charge in [0.05, 0.1) is 12.1 Å². The molecule has 1 aromatic heterocycles. The van der Waals surface area contributed by atoms with E-state index in [-0.39, 0.29) is 12.5 Å². The van der Waals surface area contributed by atoms with E-state index in [9.17, 15) is 4.79 Å². The van der Waals surface area contributed by atoms with Crippen LogP contribution in [0.25, 0.3) is 0 Å². The third kappa shape index (κ3) is 5.57. The number of hydrogen-bond donors (Lipinski definition) is 1. The van der Waals surface area contributed by atoms with Gasteiger partial charge in [-0.3, -0.25) is 9.69 Å². The van der Waals surface area contributed by atoms with Gasteiger partial charge in [-0.05, 0) is 42.8 Å². The highest BCUT2D eigenvalue weighted by Crippen LogP contribution is 2.21. The van der Waals surface area contributed by atoms with E-state index in [2.05, 4.69) is 5.32 Å². The summed E-state index contributed by atoms with van der Waals surface area (Å²) < 4.78 is 5.58. The van der Waals surface area contributed by atoms with E-state index >= 15 is 0 Å². The van der Waals surface area contributed by atoms with Gasteiger partial charge in [-0.25, -0.2) is 0 Å². The van der Waals surface area contributed by atoms with E-state index in [0.717, 1.165) is 5.75 Å². The zero-order valence-electron chi connectivity index (χ0n) is 12.6. The van der Waals surface area contributed by atoms with Gasteiger partial charge in [0.2, 0.25) is 5.91 Å². The number of thiophene rings is 1. The van der Waals surface area contributed by atoms with E-state index < -0.39 is 0 Å². The minimum absolute atomic E-state index is 0.155. The Hall–Kier alpha value is -2.07. The second-order valence-corrected chi connectivity index (χ2v) is 6.22. The third-order valence-corrected chi connectivity index (χ3v) is 4.09. The van der Waals surface area contributed by atoms with Gasteiger partial charge in [-0.1, -0.05) is 11.6 Å². The summed E-state index contributed by atoms with van der Waals surface area (Å²) in [4.78, 5) is 13.8. The lowest BCUT2D eigenvalue weighted by Crippen LogP contribution is -2.33. The Morgan fingerprint density at radius 2 is 2.13 bits per heavy atom. The number of carbonyl (C=O) groups is 1. The summed E-state index contributed by atoms with van der Waals surface area (Å²) in [5.74, 6) is 0.586. The van der Waals surface area contributed by atoms with E-state index in [0.29, 0.717) is 28.7 Å². The fraction of sp³-hybridized carbons (Fsp3) is 0.250. The van der Waals surface area contributed by atoms with Gasteiger partial charge >= 0.3 is 0 Å². The van der Waals surface area contributed by atoms with Crippen molar-refractivity contribution in [3.63, 3.8) is 0 Å². The van der Waals surface area contributed by atoms with Crippen LogP contribution in [0.2, 0.25) is 5.02 Å². The molecule has 0 aliphatic heterocycles. The summed E-state index contributed by atoms with van der Waals surface area (Å²) in [6.07, 6.45) is 0. The fourth-order valence-corrected chi connectivity index (χ4v) is 2.71. The minimum Gasteiger partial charge on any atom is -0.492 e. The molecule has 0 saturated heterocycles. The van der Waals surface area contributed by atoms with E-state index in [1.807, 2.05) is 18.0 Å². The molecule has 0 aliphatic rings. The molecule has 0 aliphatic carbocycles. The number of hydrogen-bond acceptors (Lipinski definition) is 5. The quantitative estimate of drug-likeness (QED) is 0.833. The summed E-state index contributed by atoms with van der Waals surface area (Å²) in [5.41, 5.74) is 0.483. The summed E-state index contributed by atoms with van der Waals surface area (Å²) in [6, 6.07) is 10.9. The Morgan fingerprint density at radius 1 is 1.39 bits per heavy atom. The maximum Gasteiger partial charge on any atom is 0.239 e. The summed E-state index contributed by atoms with van der Waals surface area (Å²) in [7, 11) is 1.84. The number of halogens is 1. The van der Waals surface area contributed by atoms with Gasteiger partial charge in [-0.15, -0.1) is 11.3 Å². The number of anilines is 1. The highest BCUT2D eigenvalue weighted by Gasteiger charge is 2.10. The predicted molar refractivity (Wildman–Crippen MR) is 92.1 cm³/mol. The van der Waals surface area contributed by atoms with Gasteiger partial charge in [0.1, 0.15) is 23.4 Å². The molecule has 0 spiro atoms. The lowest BCUT2D eigenvalue weighted by molar-refractivity contribution is -0.117. The number of nitriles is 1. The van der Waals surface area contributed by atoms with Crippen LogP contribution >= 0.6 is 22.9 Å². The Kier molecular flexibility index (Phi) is 6.41. The third-order valence-electron chi connectivity index (χ3n) is 3.01. The van der Waals surface area contributed by atoms with E-state index in [4.69, 9.17) is 21.6 Å². The van der Waals surface area contributed by atoms with Crippen LogP contribution in [0.15, 0.2) is 35.7 Å². The van der Waals surface area contributed by atoms with Crippen molar-refractivity contribution in [3.05, 3.63) is 46.3 Å². The second-order valence-electron chi connectivity index (χ2n) is 4.86. The summed E-state index contributed by atoms with van der Waals surface area (Å²) >= 11 is 7.14. The number of benzene rings is 1. The lowest BCUT2D eigenvalue weighted by Gasteiger charge is -2.16. The average Bonchev–Trinajstić information content (AvgIpc) is 2.96. The number of likely N-dealkylation sites (N-methyl/N-ethyl adjacent to an activating group) is 1. The van der Waals surface area contributed by atoms with Crippen LogP contribution in [-0.2, 0) is 4.79 Å². The van der Waals surface area contributed by atoms with Crippen molar-refractivity contribution in [1.29, 1.82) is 5.26 Å². The average molecular weight is 350 g/mol. The maximum atomic E-state index is 11.9. The Bertz CT molecular complexity index is 694. The number of nitrogens with one attached hydrogen (secondary N) is 1. The van der Waals surface area contributed by atoms with Crippen LogP contribution in [-0.4, -0.2) is 37.6 Å². The second kappa shape index (κ2) is 8.53. The summed E-state index contributed by atoms with van der Waals surface area (Å²) in [5, 5.41) is 14.7. The van der Waals surface area contributed by atoms with Gasteiger partial charge < -0.3 is 10.1 Å².